The van der Waals surface area contributed by atoms with Crippen LogP contribution >= 0.6 is 0 Å². The molecule has 3 aromatic heterocycles. The van der Waals surface area contributed by atoms with E-state index in [1.165, 1.54) is 0 Å². The zero-order valence-corrected chi connectivity index (χ0v) is 25.8. The van der Waals surface area contributed by atoms with Crippen molar-refractivity contribution in [3.05, 3.63) is 164 Å². The fourth-order valence-electron chi connectivity index (χ4n) is 6.33. The van der Waals surface area contributed by atoms with Gasteiger partial charge in [-0.1, -0.05) is 146 Å². The first-order valence-electron chi connectivity index (χ1n) is 15.9. The standard InChI is InChI=1S/C43H27N5/c1-4-12-28(13-5-1)37-26-22-29-20-21-30-23-27-38(45-40(30)39(29)44-37)35-24-25-36(34-19-11-10-18-33(34)35)43-47-41(31-14-6-2-7-15-31)46-42(48-43)32-16-8-3-9-17-32/h1-27H. The van der Waals surface area contributed by atoms with Crippen LogP contribution < -0.4 is 0 Å². The minimum atomic E-state index is 0.626. The predicted molar refractivity (Wildman–Crippen MR) is 195 cm³/mol. The largest absolute Gasteiger partial charge is 0.245 e. The summed E-state index contributed by atoms with van der Waals surface area (Å²) in [6, 6.07) is 55.7. The molecule has 5 heteroatoms. The molecule has 9 aromatic rings. The first-order chi connectivity index (χ1) is 23.8. The Morgan fingerprint density at radius 2 is 0.688 bits per heavy atom. The fourth-order valence-corrected chi connectivity index (χ4v) is 6.33. The first-order valence-corrected chi connectivity index (χ1v) is 15.9. The van der Waals surface area contributed by atoms with Crippen LogP contribution in [0.3, 0.4) is 0 Å². The van der Waals surface area contributed by atoms with Crippen molar-refractivity contribution in [2.75, 3.05) is 0 Å². The number of hydrogen-bond donors (Lipinski definition) is 0. The highest BCUT2D eigenvalue weighted by Crippen LogP contribution is 2.36. The van der Waals surface area contributed by atoms with E-state index in [1.54, 1.807) is 0 Å². The molecule has 0 radical (unpaired) electrons. The Bertz CT molecular complexity index is 2550. The summed E-state index contributed by atoms with van der Waals surface area (Å²) < 4.78 is 0. The van der Waals surface area contributed by atoms with Gasteiger partial charge in [0.05, 0.1) is 22.4 Å². The molecule has 0 aliphatic rings. The smallest absolute Gasteiger partial charge is 0.164 e. The van der Waals surface area contributed by atoms with Gasteiger partial charge in [0.2, 0.25) is 0 Å². The van der Waals surface area contributed by atoms with Crippen LogP contribution in [-0.4, -0.2) is 24.9 Å². The Kier molecular flexibility index (Phi) is 6.72. The molecule has 0 N–H and O–H groups in total. The third-order valence-corrected chi connectivity index (χ3v) is 8.73. The first kappa shape index (κ1) is 27.7. The lowest BCUT2D eigenvalue weighted by Crippen LogP contribution is -2.00. The Balaban J connectivity index is 1.22. The number of hydrogen-bond acceptors (Lipinski definition) is 5. The SMILES string of the molecule is c1ccc(-c2ccc3ccc4ccc(-c5ccc(-c6nc(-c7ccccc7)nc(-c7ccccc7)n6)c6ccccc56)nc4c3n2)cc1. The highest BCUT2D eigenvalue weighted by molar-refractivity contribution is 6.07. The number of nitrogens with zero attached hydrogens (tertiary/aromatic N) is 5. The molecule has 3 heterocycles. The van der Waals surface area contributed by atoms with Crippen LogP contribution in [0.2, 0.25) is 0 Å². The summed E-state index contributed by atoms with van der Waals surface area (Å²) in [6.45, 7) is 0. The maximum Gasteiger partial charge on any atom is 0.164 e. The van der Waals surface area contributed by atoms with Crippen molar-refractivity contribution in [1.29, 1.82) is 0 Å². The average molecular weight is 614 g/mol. The van der Waals surface area contributed by atoms with E-state index in [9.17, 15) is 0 Å². The molecule has 5 nitrogen and oxygen atoms in total. The van der Waals surface area contributed by atoms with Crippen molar-refractivity contribution in [2.24, 2.45) is 0 Å². The monoisotopic (exact) mass is 613 g/mol. The Hall–Kier alpha value is -6.59. The van der Waals surface area contributed by atoms with Crippen LogP contribution in [0.15, 0.2) is 164 Å². The van der Waals surface area contributed by atoms with Crippen LogP contribution in [0.1, 0.15) is 0 Å². The number of benzene rings is 6. The highest BCUT2D eigenvalue weighted by Gasteiger charge is 2.17. The second kappa shape index (κ2) is 11.6. The molecule has 0 bridgehead atoms. The average Bonchev–Trinajstić information content (AvgIpc) is 3.18. The molecule has 9 rings (SSSR count). The molecular weight excluding hydrogens is 587 g/mol. The molecule has 0 unspecified atom stereocenters. The summed E-state index contributed by atoms with van der Waals surface area (Å²) in [7, 11) is 0. The van der Waals surface area contributed by atoms with Crippen molar-refractivity contribution in [1.82, 2.24) is 24.9 Å². The lowest BCUT2D eigenvalue weighted by molar-refractivity contribution is 1.08. The molecule has 0 aliphatic carbocycles. The lowest BCUT2D eigenvalue weighted by Gasteiger charge is -2.13. The predicted octanol–water partition coefficient (Wildman–Crippen LogP) is 10.5. The van der Waals surface area contributed by atoms with Crippen LogP contribution in [0.25, 0.3) is 89.3 Å². The van der Waals surface area contributed by atoms with Crippen LogP contribution in [0.4, 0.5) is 0 Å². The van der Waals surface area contributed by atoms with E-state index in [2.05, 4.69) is 84.9 Å². The quantitative estimate of drug-likeness (QED) is 0.181. The Morgan fingerprint density at radius 3 is 1.27 bits per heavy atom. The van der Waals surface area contributed by atoms with Gasteiger partial charge in [-0.25, -0.2) is 24.9 Å². The van der Waals surface area contributed by atoms with E-state index >= 15 is 0 Å². The van der Waals surface area contributed by atoms with Gasteiger partial charge in [-0.05, 0) is 29.0 Å². The Labute approximate surface area is 277 Å². The summed E-state index contributed by atoms with van der Waals surface area (Å²) >= 11 is 0. The van der Waals surface area contributed by atoms with Crippen molar-refractivity contribution in [2.45, 2.75) is 0 Å². The zero-order valence-electron chi connectivity index (χ0n) is 25.8. The molecule has 0 aliphatic heterocycles. The summed E-state index contributed by atoms with van der Waals surface area (Å²) in [5.41, 5.74) is 8.52. The maximum absolute atomic E-state index is 5.26. The molecule has 0 saturated heterocycles. The molecule has 0 fully saturated rings. The van der Waals surface area contributed by atoms with E-state index in [0.717, 1.165) is 71.8 Å². The number of aromatic nitrogens is 5. The van der Waals surface area contributed by atoms with Crippen LogP contribution in [-0.2, 0) is 0 Å². The molecule has 0 amide bonds. The van der Waals surface area contributed by atoms with Gasteiger partial charge in [-0.2, -0.15) is 0 Å². The minimum Gasteiger partial charge on any atom is -0.245 e. The van der Waals surface area contributed by atoms with Gasteiger partial charge >= 0.3 is 0 Å². The molecular formula is C43H27N5. The van der Waals surface area contributed by atoms with Crippen molar-refractivity contribution >= 4 is 32.6 Å². The maximum atomic E-state index is 5.26. The molecule has 224 valence electrons. The Morgan fingerprint density at radius 1 is 0.271 bits per heavy atom. The van der Waals surface area contributed by atoms with Crippen molar-refractivity contribution < 1.29 is 0 Å². The minimum absolute atomic E-state index is 0.626. The molecule has 6 aromatic carbocycles. The van der Waals surface area contributed by atoms with E-state index < -0.39 is 0 Å². The van der Waals surface area contributed by atoms with Crippen LogP contribution in [0, 0.1) is 0 Å². The second-order valence-corrected chi connectivity index (χ2v) is 11.7. The van der Waals surface area contributed by atoms with Gasteiger partial charge in [0.1, 0.15) is 0 Å². The molecule has 48 heavy (non-hydrogen) atoms. The molecule has 0 saturated carbocycles. The van der Waals surface area contributed by atoms with Crippen molar-refractivity contribution in [3.63, 3.8) is 0 Å². The number of fused-ring (bicyclic) bond motifs is 4. The summed E-state index contributed by atoms with van der Waals surface area (Å²) in [6.07, 6.45) is 0. The zero-order chi connectivity index (χ0) is 31.9. The summed E-state index contributed by atoms with van der Waals surface area (Å²) in [5.74, 6) is 1.90. The van der Waals surface area contributed by atoms with Gasteiger partial charge in [-0.15, -0.1) is 0 Å². The number of pyridine rings is 2. The molecule has 0 spiro atoms. The van der Waals surface area contributed by atoms with Gasteiger partial charge in [0, 0.05) is 38.6 Å². The van der Waals surface area contributed by atoms with E-state index in [1.807, 2.05) is 78.9 Å². The fraction of sp³-hybridized carbons (Fsp3) is 0. The van der Waals surface area contributed by atoms with Gasteiger partial charge < -0.3 is 0 Å². The summed E-state index contributed by atoms with van der Waals surface area (Å²) in [5, 5.41) is 4.23. The van der Waals surface area contributed by atoms with Crippen molar-refractivity contribution in [3.8, 4) is 56.7 Å². The highest BCUT2D eigenvalue weighted by atomic mass is 15.0. The van der Waals surface area contributed by atoms with E-state index in [4.69, 9.17) is 24.9 Å². The van der Waals surface area contributed by atoms with Gasteiger partial charge in [-0.3, -0.25) is 0 Å². The second-order valence-electron chi connectivity index (χ2n) is 11.7. The lowest BCUT2D eigenvalue weighted by atomic mass is 9.96. The van der Waals surface area contributed by atoms with E-state index in [-0.39, 0.29) is 0 Å². The number of rotatable bonds is 5. The summed E-state index contributed by atoms with van der Waals surface area (Å²) in [4.78, 5) is 25.3. The third-order valence-electron chi connectivity index (χ3n) is 8.73. The normalized spacial score (nSPS) is 11.3. The van der Waals surface area contributed by atoms with Crippen LogP contribution in [0.5, 0.6) is 0 Å². The topological polar surface area (TPSA) is 64.5 Å². The third kappa shape index (κ3) is 4.95. The van der Waals surface area contributed by atoms with Gasteiger partial charge in [0.15, 0.2) is 17.5 Å². The molecule has 0 atom stereocenters. The van der Waals surface area contributed by atoms with Gasteiger partial charge in [0.25, 0.3) is 0 Å². The van der Waals surface area contributed by atoms with E-state index in [0.29, 0.717) is 17.5 Å².